The number of anilines is 1. The molecule has 274 valence electrons. The third-order valence-electron chi connectivity index (χ3n) is 9.79. The fourth-order valence-electron chi connectivity index (χ4n) is 6.63. The number of methoxy groups -OCH3 is 1. The van der Waals surface area contributed by atoms with Crippen LogP contribution in [0.25, 0.3) is 10.8 Å². The largest absolute Gasteiger partial charge is 0.494 e. The van der Waals surface area contributed by atoms with Crippen molar-refractivity contribution in [1.82, 2.24) is 19.9 Å². The number of benzene rings is 2. The number of pyridine rings is 1. The summed E-state index contributed by atoms with van der Waals surface area (Å²) in [6, 6.07) is 12.1. The fourth-order valence-corrected chi connectivity index (χ4v) is 8.17. The number of carbonyl (C=O) groups is 3. The summed E-state index contributed by atoms with van der Waals surface area (Å²) in [6.45, 7) is 9.40. The summed E-state index contributed by atoms with van der Waals surface area (Å²) in [6.07, 6.45) is 3.41. The summed E-state index contributed by atoms with van der Waals surface area (Å²) >= 11 is 6.34. The maximum Gasteiger partial charge on any atom is 0.259 e. The number of nitrogens with one attached hydrogen (secondary N) is 3. The highest BCUT2D eigenvalue weighted by Gasteiger charge is 2.62. The summed E-state index contributed by atoms with van der Waals surface area (Å²) in [5.41, 5.74) is -1.26. The summed E-state index contributed by atoms with van der Waals surface area (Å²) in [5.74, 6) is -1.67. The van der Waals surface area contributed by atoms with Crippen molar-refractivity contribution in [1.29, 1.82) is 5.26 Å². The second-order valence-electron chi connectivity index (χ2n) is 14.6. The molecule has 6 rings (SSSR count). The molecule has 3 fully saturated rings. The molecule has 3 N–H and O–H groups in total. The fraction of sp³-hybridized carbons (Fsp3) is 0.432. The van der Waals surface area contributed by atoms with Gasteiger partial charge in [0.2, 0.25) is 27.7 Å². The number of sulfonamides is 1. The van der Waals surface area contributed by atoms with Gasteiger partial charge in [0.15, 0.2) is 0 Å². The molecule has 5 atom stereocenters. The number of fused-ring (bicyclic) bond motifs is 1. The highest BCUT2D eigenvalue weighted by molar-refractivity contribution is 7.91. The maximum atomic E-state index is 14.6. The number of rotatable bonds is 12. The minimum absolute atomic E-state index is 0.0146. The van der Waals surface area contributed by atoms with Gasteiger partial charge in [-0.15, -0.1) is 6.58 Å². The van der Waals surface area contributed by atoms with Crippen LogP contribution in [0.1, 0.15) is 52.0 Å². The second-order valence-corrected chi connectivity index (χ2v) is 17.0. The number of likely N-dealkylation sites (tertiary alicyclic amines) is 1. The van der Waals surface area contributed by atoms with E-state index in [2.05, 4.69) is 33.0 Å². The first-order valence-corrected chi connectivity index (χ1v) is 18.9. The van der Waals surface area contributed by atoms with Crippen LogP contribution >= 0.6 is 11.6 Å². The van der Waals surface area contributed by atoms with Crippen LogP contribution in [0.3, 0.4) is 0 Å². The SMILES string of the molecule is C=C[C@@H]1C[C@]1(NC(=O)[C@@H]1C[C@@H](Oc2ncc(OC)c3ccc(Cl)cc23)CN1C(=O)C(Nc1cccc(C#N)c1)C(C)(C)C)C(=O)NS(=O)(=O)C1CC1. The van der Waals surface area contributed by atoms with E-state index in [1.54, 1.807) is 42.5 Å². The van der Waals surface area contributed by atoms with Gasteiger partial charge in [0.25, 0.3) is 5.91 Å². The average Bonchev–Trinajstić information content (AvgIpc) is 4.03. The lowest BCUT2D eigenvalue weighted by Crippen LogP contribution is -2.58. The number of ether oxygens (including phenoxy) is 2. The van der Waals surface area contributed by atoms with Crippen molar-refractivity contribution in [3.05, 3.63) is 71.9 Å². The third kappa shape index (κ3) is 7.38. The topological polar surface area (TPSA) is 180 Å². The Morgan fingerprint density at radius 1 is 1.17 bits per heavy atom. The van der Waals surface area contributed by atoms with Crippen molar-refractivity contribution < 1.29 is 32.3 Å². The summed E-state index contributed by atoms with van der Waals surface area (Å²) in [5, 5.41) is 16.6. The van der Waals surface area contributed by atoms with Gasteiger partial charge in [0, 0.05) is 33.8 Å². The molecule has 2 saturated carbocycles. The smallest absolute Gasteiger partial charge is 0.259 e. The summed E-state index contributed by atoms with van der Waals surface area (Å²) < 4.78 is 39.5. The number of hydrogen-bond acceptors (Lipinski definition) is 10. The molecule has 0 bridgehead atoms. The number of aromatic nitrogens is 1. The van der Waals surface area contributed by atoms with Gasteiger partial charge < -0.3 is 25.0 Å². The quantitative estimate of drug-likeness (QED) is 0.226. The minimum atomic E-state index is -3.90. The van der Waals surface area contributed by atoms with Crippen molar-refractivity contribution in [3.63, 3.8) is 0 Å². The Balaban J connectivity index is 1.32. The summed E-state index contributed by atoms with van der Waals surface area (Å²) in [4.78, 5) is 48.3. The number of carbonyl (C=O) groups excluding carboxylic acids is 3. The highest BCUT2D eigenvalue weighted by Crippen LogP contribution is 2.46. The average molecular weight is 749 g/mol. The molecule has 15 heteroatoms. The molecule has 2 aromatic carbocycles. The number of halogens is 1. The zero-order chi connectivity index (χ0) is 37.6. The second kappa shape index (κ2) is 13.9. The van der Waals surface area contributed by atoms with Crippen LogP contribution in [0, 0.1) is 22.7 Å². The van der Waals surface area contributed by atoms with Crippen molar-refractivity contribution in [2.75, 3.05) is 19.0 Å². The van der Waals surface area contributed by atoms with E-state index in [1.807, 2.05) is 20.8 Å². The van der Waals surface area contributed by atoms with E-state index in [9.17, 15) is 28.1 Å². The van der Waals surface area contributed by atoms with Gasteiger partial charge in [-0.25, -0.2) is 13.4 Å². The monoisotopic (exact) mass is 748 g/mol. The first-order valence-electron chi connectivity index (χ1n) is 17.0. The van der Waals surface area contributed by atoms with Crippen molar-refractivity contribution in [2.45, 2.75) is 75.4 Å². The molecule has 2 aliphatic carbocycles. The number of amides is 3. The Morgan fingerprint density at radius 2 is 1.92 bits per heavy atom. The first kappa shape index (κ1) is 36.9. The zero-order valence-corrected chi connectivity index (χ0v) is 30.9. The summed E-state index contributed by atoms with van der Waals surface area (Å²) in [7, 11) is -2.37. The predicted molar refractivity (Wildman–Crippen MR) is 195 cm³/mol. The molecule has 3 aromatic rings. The normalized spacial score (nSPS) is 23.2. The van der Waals surface area contributed by atoms with Crippen LogP contribution in [-0.4, -0.2) is 78.7 Å². The number of hydrogen-bond donors (Lipinski definition) is 3. The predicted octanol–water partition coefficient (Wildman–Crippen LogP) is 4.31. The molecule has 1 aliphatic heterocycles. The van der Waals surface area contributed by atoms with Gasteiger partial charge in [-0.05, 0) is 61.1 Å². The van der Waals surface area contributed by atoms with Crippen LogP contribution in [0.15, 0.2) is 61.3 Å². The molecule has 0 spiro atoms. The molecule has 3 amide bonds. The molecule has 1 aromatic heterocycles. The number of nitriles is 1. The van der Waals surface area contributed by atoms with E-state index in [0.717, 1.165) is 0 Å². The van der Waals surface area contributed by atoms with E-state index in [1.165, 1.54) is 24.3 Å². The van der Waals surface area contributed by atoms with Crippen LogP contribution in [-0.2, 0) is 24.4 Å². The van der Waals surface area contributed by atoms with Crippen molar-refractivity contribution >= 4 is 55.8 Å². The van der Waals surface area contributed by atoms with Gasteiger partial charge in [0.1, 0.15) is 29.5 Å². The molecule has 0 radical (unpaired) electrons. The van der Waals surface area contributed by atoms with Crippen LogP contribution < -0.4 is 24.8 Å². The van der Waals surface area contributed by atoms with Crippen LogP contribution in [0.5, 0.6) is 11.6 Å². The molecule has 52 heavy (non-hydrogen) atoms. The van der Waals surface area contributed by atoms with Crippen molar-refractivity contribution in [2.24, 2.45) is 11.3 Å². The molecule has 1 saturated heterocycles. The minimum Gasteiger partial charge on any atom is -0.494 e. The lowest BCUT2D eigenvalue weighted by Gasteiger charge is -2.36. The zero-order valence-electron chi connectivity index (χ0n) is 29.3. The Labute approximate surface area is 307 Å². The molecular formula is C37H41ClN6O7S. The lowest BCUT2D eigenvalue weighted by molar-refractivity contribution is -0.141. The van der Waals surface area contributed by atoms with Gasteiger partial charge >= 0.3 is 0 Å². The van der Waals surface area contributed by atoms with Gasteiger partial charge in [-0.3, -0.25) is 19.1 Å². The number of nitrogens with zero attached hydrogens (tertiary/aromatic N) is 3. The van der Waals surface area contributed by atoms with Gasteiger partial charge in [-0.2, -0.15) is 5.26 Å². The van der Waals surface area contributed by atoms with E-state index < -0.39 is 68.1 Å². The van der Waals surface area contributed by atoms with E-state index in [-0.39, 0.29) is 25.3 Å². The maximum absolute atomic E-state index is 14.6. The van der Waals surface area contributed by atoms with E-state index in [4.69, 9.17) is 21.1 Å². The Kier molecular flexibility index (Phi) is 9.89. The first-order chi connectivity index (χ1) is 24.6. The molecule has 2 heterocycles. The Hall–Kier alpha value is -4.87. The molecule has 3 aliphatic rings. The van der Waals surface area contributed by atoms with E-state index in [0.29, 0.717) is 45.6 Å². The lowest BCUT2D eigenvalue weighted by atomic mass is 9.85. The Morgan fingerprint density at radius 3 is 2.56 bits per heavy atom. The van der Waals surface area contributed by atoms with Gasteiger partial charge in [0.05, 0.1) is 36.7 Å². The van der Waals surface area contributed by atoms with Crippen molar-refractivity contribution in [3.8, 4) is 17.7 Å². The Bertz CT molecular complexity index is 2090. The van der Waals surface area contributed by atoms with Crippen LogP contribution in [0.4, 0.5) is 5.69 Å². The third-order valence-corrected chi connectivity index (χ3v) is 11.8. The van der Waals surface area contributed by atoms with E-state index >= 15 is 0 Å². The molecule has 1 unspecified atom stereocenters. The molecular weight excluding hydrogens is 708 g/mol. The van der Waals surface area contributed by atoms with Gasteiger partial charge in [-0.1, -0.05) is 44.5 Å². The standard InChI is InChI=1S/C37H41ClN6O7S/c1-6-22-17-37(22,35(47)43-52(48,49)26-11-12-26)42-32(45)29-16-25(51-33-28-15-23(38)10-13-27(28)30(50-5)19-40-33)20-44(29)34(46)31(36(2,3)4)41-24-9-7-8-21(14-24)18-39/h6-10,13-15,19,22,25-26,29,31,41H,1,11-12,16-17,20H2,2-5H3,(H,42,45)(H,43,47)/t22-,25-,29+,31?,37-/m1/s1. The molecule has 13 nitrogen and oxygen atoms in total. The van der Waals surface area contributed by atoms with Crippen LogP contribution in [0.2, 0.25) is 5.02 Å². The highest BCUT2D eigenvalue weighted by atomic mass is 35.5.